The van der Waals surface area contributed by atoms with E-state index in [1.807, 2.05) is 6.07 Å². The Kier molecular flexibility index (Phi) is 4.54. The van der Waals surface area contributed by atoms with Crippen LogP contribution in [0.4, 0.5) is 0 Å². The monoisotopic (exact) mass is 237 g/mol. The first-order valence-electron chi connectivity index (χ1n) is 5.99. The van der Waals surface area contributed by atoms with E-state index < -0.39 is 5.60 Å². The summed E-state index contributed by atoms with van der Waals surface area (Å²) in [6.45, 7) is 6.27. The molecule has 17 heavy (non-hydrogen) atoms. The topological polar surface area (TPSA) is 55.5 Å². The summed E-state index contributed by atoms with van der Waals surface area (Å²) >= 11 is 0. The second-order valence-electron chi connectivity index (χ2n) is 5.10. The lowest BCUT2D eigenvalue weighted by atomic mass is 9.92. The third kappa shape index (κ3) is 3.72. The van der Waals surface area contributed by atoms with Gasteiger partial charge in [0.25, 0.3) is 0 Å². The molecule has 0 saturated carbocycles. The molecule has 1 aromatic rings. The summed E-state index contributed by atoms with van der Waals surface area (Å²) in [4.78, 5) is 0. The van der Waals surface area contributed by atoms with Crippen molar-refractivity contribution in [2.45, 2.75) is 38.7 Å². The fourth-order valence-corrected chi connectivity index (χ4v) is 1.78. The Balaban J connectivity index is 3.06. The molecule has 0 amide bonds. The molecular weight excluding hydrogens is 214 g/mol. The average molecular weight is 237 g/mol. The van der Waals surface area contributed by atoms with Crippen molar-refractivity contribution < 1.29 is 9.84 Å². The van der Waals surface area contributed by atoms with E-state index >= 15 is 0 Å². The maximum Gasteiger partial charge on any atom is 0.122 e. The van der Waals surface area contributed by atoms with Crippen molar-refractivity contribution in [2.24, 2.45) is 5.73 Å². The summed E-state index contributed by atoms with van der Waals surface area (Å²) in [6, 6.07) is 6.11. The number of benzene rings is 1. The van der Waals surface area contributed by atoms with Gasteiger partial charge in [0.1, 0.15) is 5.75 Å². The fraction of sp³-hybridized carbons (Fsp3) is 0.571. The minimum Gasteiger partial charge on any atom is -0.496 e. The van der Waals surface area contributed by atoms with Gasteiger partial charge in [-0.05, 0) is 30.0 Å². The van der Waals surface area contributed by atoms with Crippen molar-refractivity contribution in [3.63, 3.8) is 0 Å². The van der Waals surface area contributed by atoms with Crippen LogP contribution in [0.5, 0.6) is 5.75 Å². The van der Waals surface area contributed by atoms with E-state index in [0.717, 1.165) is 11.3 Å². The highest BCUT2D eigenvalue weighted by Crippen LogP contribution is 2.27. The van der Waals surface area contributed by atoms with Crippen LogP contribution in [0.2, 0.25) is 0 Å². The lowest BCUT2D eigenvalue weighted by Crippen LogP contribution is -2.36. The molecule has 0 aliphatic rings. The molecule has 1 atom stereocenters. The molecule has 0 radical (unpaired) electrons. The molecule has 0 bridgehead atoms. The summed E-state index contributed by atoms with van der Waals surface area (Å²) in [5, 5.41) is 10.0. The number of ether oxygens (including phenoxy) is 1. The zero-order valence-electron chi connectivity index (χ0n) is 11.2. The van der Waals surface area contributed by atoms with E-state index in [9.17, 15) is 5.11 Å². The van der Waals surface area contributed by atoms with Gasteiger partial charge in [0.15, 0.2) is 0 Å². The zero-order valence-corrected chi connectivity index (χ0v) is 11.2. The molecule has 1 rings (SSSR count). The molecule has 96 valence electrons. The van der Waals surface area contributed by atoms with Crippen molar-refractivity contribution >= 4 is 0 Å². The molecule has 1 unspecified atom stereocenters. The second-order valence-corrected chi connectivity index (χ2v) is 5.10. The molecule has 0 aliphatic carbocycles. The van der Waals surface area contributed by atoms with Crippen LogP contribution in [-0.2, 0) is 6.42 Å². The van der Waals surface area contributed by atoms with Crippen LogP contribution in [0.1, 0.15) is 37.8 Å². The van der Waals surface area contributed by atoms with Gasteiger partial charge in [0.05, 0.1) is 12.7 Å². The number of aliphatic hydroxyl groups is 1. The van der Waals surface area contributed by atoms with Gasteiger partial charge in [-0.15, -0.1) is 0 Å². The third-order valence-electron chi connectivity index (χ3n) is 2.98. The minimum absolute atomic E-state index is 0.238. The second kappa shape index (κ2) is 5.52. The summed E-state index contributed by atoms with van der Waals surface area (Å²) < 4.78 is 5.32. The Morgan fingerprint density at radius 1 is 1.41 bits per heavy atom. The quantitative estimate of drug-likeness (QED) is 0.824. The van der Waals surface area contributed by atoms with Crippen LogP contribution in [0, 0.1) is 0 Å². The van der Waals surface area contributed by atoms with Crippen LogP contribution in [0.25, 0.3) is 0 Å². The highest BCUT2D eigenvalue weighted by Gasteiger charge is 2.21. The largest absolute Gasteiger partial charge is 0.496 e. The van der Waals surface area contributed by atoms with Crippen molar-refractivity contribution in [1.82, 2.24) is 0 Å². The molecule has 3 N–H and O–H groups in total. The summed E-state index contributed by atoms with van der Waals surface area (Å²) in [7, 11) is 1.64. The predicted octanol–water partition coefficient (Wildman–Crippen LogP) is 2.07. The molecule has 0 fully saturated rings. The SMILES string of the molecule is COc1ccc(C(C)C)cc1CC(C)(O)CN. The Bertz CT molecular complexity index is 372. The van der Waals surface area contributed by atoms with E-state index in [2.05, 4.69) is 26.0 Å². The number of rotatable bonds is 5. The summed E-state index contributed by atoms with van der Waals surface area (Å²) in [6.07, 6.45) is 0.507. The first-order chi connectivity index (χ1) is 7.89. The van der Waals surface area contributed by atoms with Gasteiger partial charge in [0.2, 0.25) is 0 Å². The number of methoxy groups -OCH3 is 1. The first-order valence-corrected chi connectivity index (χ1v) is 5.99. The minimum atomic E-state index is -0.886. The predicted molar refractivity (Wildman–Crippen MR) is 70.5 cm³/mol. The van der Waals surface area contributed by atoms with Crippen LogP contribution < -0.4 is 10.5 Å². The van der Waals surface area contributed by atoms with E-state index in [1.165, 1.54) is 5.56 Å². The van der Waals surface area contributed by atoms with E-state index in [4.69, 9.17) is 10.5 Å². The zero-order chi connectivity index (χ0) is 13.1. The third-order valence-corrected chi connectivity index (χ3v) is 2.98. The van der Waals surface area contributed by atoms with Gasteiger partial charge >= 0.3 is 0 Å². The van der Waals surface area contributed by atoms with Crippen LogP contribution in [-0.4, -0.2) is 24.4 Å². The molecule has 0 saturated heterocycles. The van der Waals surface area contributed by atoms with E-state index in [0.29, 0.717) is 12.3 Å². The van der Waals surface area contributed by atoms with Crippen molar-refractivity contribution in [3.8, 4) is 5.75 Å². The molecule has 0 spiro atoms. The fourth-order valence-electron chi connectivity index (χ4n) is 1.78. The summed E-state index contributed by atoms with van der Waals surface area (Å²) in [5.41, 5.74) is 6.92. The van der Waals surface area contributed by atoms with Gasteiger partial charge in [0, 0.05) is 13.0 Å². The maximum absolute atomic E-state index is 10.0. The number of nitrogens with two attached hydrogens (primary N) is 1. The molecular formula is C14H23NO2. The molecule has 3 nitrogen and oxygen atoms in total. The van der Waals surface area contributed by atoms with E-state index in [-0.39, 0.29) is 6.54 Å². The molecule has 0 aromatic heterocycles. The molecule has 0 aliphatic heterocycles. The van der Waals surface area contributed by atoms with Crippen LogP contribution in [0.3, 0.4) is 0 Å². The normalized spacial score (nSPS) is 14.8. The van der Waals surface area contributed by atoms with Crippen molar-refractivity contribution in [3.05, 3.63) is 29.3 Å². The Morgan fingerprint density at radius 3 is 2.53 bits per heavy atom. The van der Waals surface area contributed by atoms with Gasteiger partial charge in [-0.25, -0.2) is 0 Å². The summed E-state index contributed by atoms with van der Waals surface area (Å²) in [5.74, 6) is 1.27. The van der Waals surface area contributed by atoms with Crippen LogP contribution >= 0.6 is 0 Å². The molecule has 0 heterocycles. The Morgan fingerprint density at radius 2 is 2.06 bits per heavy atom. The Hall–Kier alpha value is -1.06. The van der Waals surface area contributed by atoms with Gasteiger partial charge in [-0.2, -0.15) is 0 Å². The highest BCUT2D eigenvalue weighted by molar-refractivity contribution is 5.39. The maximum atomic E-state index is 10.0. The standard InChI is InChI=1S/C14H23NO2/c1-10(2)11-5-6-13(17-4)12(7-11)8-14(3,16)9-15/h5-7,10,16H,8-9,15H2,1-4H3. The van der Waals surface area contributed by atoms with Gasteiger partial charge in [-0.1, -0.05) is 26.0 Å². The molecule has 1 aromatic carbocycles. The molecule has 3 heteroatoms. The smallest absolute Gasteiger partial charge is 0.122 e. The number of hydrogen-bond acceptors (Lipinski definition) is 3. The first kappa shape index (κ1) is 14.0. The van der Waals surface area contributed by atoms with Crippen LogP contribution in [0.15, 0.2) is 18.2 Å². The lowest BCUT2D eigenvalue weighted by Gasteiger charge is -2.23. The average Bonchev–Trinajstić information content (AvgIpc) is 2.28. The number of hydrogen-bond donors (Lipinski definition) is 2. The van der Waals surface area contributed by atoms with Crippen molar-refractivity contribution in [2.75, 3.05) is 13.7 Å². The van der Waals surface area contributed by atoms with Crippen molar-refractivity contribution in [1.29, 1.82) is 0 Å². The Labute approximate surface area is 104 Å². The lowest BCUT2D eigenvalue weighted by molar-refractivity contribution is 0.0689. The highest BCUT2D eigenvalue weighted by atomic mass is 16.5. The van der Waals surface area contributed by atoms with Gasteiger partial charge < -0.3 is 15.6 Å². The van der Waals surface area contributed by atoms with Gasteiger partial charge in [-0.3, -0.25) is 0 Å². The van der Waals surface area contributed by atoms with E-state index in [1.54, 1.807) is 14.0 Å².